The van der Waals surface area contributed by atoms with E-state index in [2.05, 4.69) is 206 Å². The van der Waals surface area contributed by atoms with Gasteiger partial charge in [-0.25, -0.2) is 4.79 Å². The Hall–Kier alpha value is -5.55. The van der Waals surface area contributed by atoms with E-state index in [1.165, 1.54) is 55.5 Å². The topological polar surface area (TPSA) is 32.8 Å². The summed E-state index contributed by atoms with van der Waals surface area (Å²) in [5.41, 5.74) is 19.3. The Bertz CT molecular complexity index is 2870. The van der Waals surface area contributed by atoms with Crippen LogP contribution >= 0.6 is 0 Å². The maximum Gasteiger partial charge on any atom is 0.338 e. The molecule has 0 amide bonds. The fourth-order valence-corrected chi connectivity index (χ4v) is 10.7. The third-order valence-electron chi connectivity index (χ3n) is 15.2. The standard InChI is InChI=1S/C62H73BN2O2/c1-57(2,3)41-30-42(58(4,5)6)33-45(32-41)64-51-25-21-20-24-49(51)63-50-36-47-48(62(15,16)27-26-61(47,13)14)37-52(50)65(46-34-43(59(7,8)9)31-44(35-46)60(10,11)12)54-29-40(28-53(64)55(54)63)56(66)67-38-39-22-18-17-19-23-39/h17-25,28-37H,26-27,38H2,1-16H3. The van der Waals surface area contributed by atoms with Gasteiger partial charge in [0.05, 0.1) is 5.56 Å². The van der Waals surface area contributed by atoms with Crippen molar-refractivity contribution in [1.82, 2.24) is 0 Å². The Morgan fingerprint density at radius 2 is 0.940 bits per heavy atom. The first kappa shape index (κ1) is 46.6. The maximum absolute atomic E-state index is 14.9. The predicted octanol–water partition coefficient (Wildman–Crippen LogP) is 14.7. The molecule has 6 aromatic carbocycles. The number of esters is 1. The molecule has 5 heteroatoms. The van der Waals surface area contributed by atoms with Crippen LogP contribution in [0.25, 0.3) is 0 Å². The lowest BCUT2D eigenvalue weighted by atomic mass is 9.33. The molecule has 0 radical (unpaired) electrons. The molecule has 67 heavy (non-hydrogen) atoms. The molecule has 4 nitrogen and oxygen atoms in total. The second-order valence-corrected chi connectivity index (χ2v) is 25.4. The normalized spacial score (nSPS) is 16.2. The molecule has 0 atom stereocenters. The molecular formula is C62H73BN2O2. The monoisotopic (exact) mass is 889 g/mol. The van der Waals surface area contributed by atoms with Crippen molar-refractivity contribution in [2.45, 2.75) is 163 Å². The highest BCUT2D eigenvalue weighted by atomic mass is 16.5. The first-order chi connectivity index (χ1) is 31.1. The second-order valence-electron chi connectivity index (χ2n) is 25.4. The van der Waals surface area contributed by atoms with Crippen LogP contribution in [-0.2, 0) is 43.8 Å². The molecule has 2 aliphatic heterocycles. The first-order valence-corrected chi connectivity index (χ1v) is 24.7. The number of hydrogen-bond donors (Lipinski definition) is 0. The summed E-state index contributed by atoms with van der Waals surface area (Å²) in [5.74, 6) is -0.338. The van der Waals surface area contributed by atoms with Crippen molar-refractivity contribution in [1.29, 1.82) is 0 Å². The number of carbonyl (C=O) groups excluding carboxylic acids is 1. The molecule has 2 heterocycles. The van der Waals surface area contributed by atoms with Crippen molar-refractivity contribution in [2.24, 2.45) is 0 Å². The van der Waals surface area contributed by atoms with Gasteiger partial charge in [-0.15, -0.1) is 0 Å². The van der Waals surface area contributed by atoms with Gasteiger partial charge >= 0.3 is 5.97 Å². The summed E-state index contributed by atoms with van der Waals surface area (Å²) in [7, 11) is 0. The van der Waals surface area contributed by atoms with Gasteiger partial charge in [-0.05, 0) is 149 Å². The minimum absolute atomic E-state index is 0.00270. The third-order valence-corrected chi connectivity index (χ3v) is 15.2. The van der Waals surface area contributed by atoms with E-state index >= 15 is 0 Å². The lowest BCUT2D eigenvalue weighted by molar-refractivity contribution is 0.0472. The van der Waals surface area contributed by atoms with Crippen molar-refractivity contribution in [2.75, 3.05) is 9.80 Å². The molecule has 0 unspecified atom stereocenters. The van der Waals surface area contributed by atoms with Gasteiger partial charge in [-0.1, -0.05) is 178 Å². The van der Waals surface area contributed by atoms with Crippen molar-refractivity contribution < 1.29 is 9.53 Å². The quantitative estimate of drug-likeness (QED) is 0.127. The summed E-state index contributed by atoms with van der Waals surface area (Å²) < 4.78 is 6.27. The maximum atomic E-state index is 14.9. The number of rotatable bonds is 5. The van der Waals surface area contributed by atoms with Crippen molar-refractivity contribution in [3.63, 3.8) is 0 Å². The molecule has 0 bridgehead atoms. The zero-order chi connectivity index (χ0) is 48.4. The van der Waals surface area contributed by atoms with E-state index in [1.807, 2.05) is 30.3 Å². The van der Waals surface area contributed by atoms with Crippen LogP contribution in [0.15, 0.2) is 115 Å². The van der Waals surface area contributed by atoms with E-state index in [9.17, 15) is 4.79 Å². The Balaban J connectivity index is 1.43. The molecule has 0 saturated carbocycles. The Morgan fingerprint density at radius 1 is 0.507 bits per heavy atom. The largest absolute Gasteiger partial charge is 0.457 e. The van der Waals surface area contributed by atoms with Gasteiger partial charge < -0.3 is 14.5 Å². The summed E-state index contributed by atoms with van der Waals surface area (Å²) in [4.78, 5) is 19.9. The van der Waals surface area contributed by atoms with Gasteiger partial charge in [-0.3, -0.25) is 0 Å². The van der Waals surface area contributed by atoms with E-state index in [0.717, 1.165) is 46.8 Å². The molecule has 9 rings (SSSR count). The molecule has 3 aliphatic rings. The van der Waals surface area contributed by atoms with Gasteiger partial charge in [0.15, 0.2) is 0 Å². The molecule has 0 spiro atoms. The zero-order valence-corrected chi connectivity index (χ0v) is 43.4. The number of carbonyl (C=O) groups is 1. The third kappa shape index (κ3) is 8.33. The fraction of sp³-hybridized carbons (Fsp3) is 0.403. The van der Waals surface area contributed by atoms with Crippen molar-refractivity contribution >= 4 is 63.2 Å². The highest BCUT2D eigenvalue weighted by Crippen LogP contribution is 2.51. The minimum atomic E-state index is -0.338. The lowest BCUT2D eigenvalue weighted by Crippen LogP contribution is -2.62. The zero-order valence-electron chi connectivity index (χ0n) is 43.4. The molecule has 0 saturated heterocycles. The smallest absolute Gasteiger partial charge is 0.338 e. The molecule has 0 N–H and O–H groups in total. The van der Waals surface area contributed by atoms with E-state index in [-0.39, 0.29) is 51.8 Å². The number of hydrogen-bond acceptors (Lipinski definition) is 4. The summed E-state index contributed by atoms with van der Waals surface area (Å²) in [6.45, 7) is 37.6. The predicted molar refractivity (Wildman–Crippen MR) is 286 cm³/mol. The highest BCUT2D eigenvalue weighted by molar-refractivity contribution is 7.00. The van der Waals surface area contributed by atoms with Crippen LogP contribution in [0, 0.1) is 0 Å². The number of anilines is 6. The fourth-order valence-electron chi connectivity index (χ4n) is 10.7. The molecule has 0 aromatic heterocycles. The van der Waals surface area contributed by atoms with Crippen LogP contribution < -0.4 is 26.2 Å². The molecule has 6 aromatic rings. The molecular weight excluding hydrogens is 816 g/mol. The summed E-state index contributed by atoms with van der Waals surface area (Å²) in [6.07, 6.45) is 2.24. The van der Waals surface area contributed by atoms with Gasteiger partial charge in [0, 0.05) is 34.1 Å². The Labute approximate surface area is 403 Å². The minimum Gasteiger partial charge on any atom is -0.457 e. The Morgan fingerprint density at radius 3 is 1.42 bits per heavy atom. The molecule has 346 valence electrons. The molecule has 1 aliphatic carbocycles. The number of ether oxygens (including phenoxy) is 1. The SMILES string of the molecule is CC(C)(C)c1cc(N2c3ccccc3B3c4cc5c(cc4N(c4cc(C(C)(C)C)cc(C(C)(C)C)c4)c4cc(C(=O)OCc6ccccc6)cc2c43)C(C)(C)CCC5(C)C)cc(C(C)(C)C)c1. The average molecular weight is 889 g/mol. The van der Waals surface area contributed by atoms with Crippen LogP contribution in [0.4, 0.5) is 34.1 Å². The average Bonchev–Trinajstić information content (AvgIpc) is 3.25. The lowest BCUT2D eigenvalue weighted by Gasteiger charge is -2.47. The summed E-state index contributed by atoms with van der Waals surface area (Å²) in [5, 5.41) is 0. The van der Waals surface area contributed by atoms with Crippen LogP contribution in [0.2, 0.25) is 0 Å². The molecule has 0 fully saturated rings. The van der Waals surface area contributed by atoms with Gasteiger partial charge in [0.2, 0.25) is 0 Å². The highest BCUT2D eigenvalue weighted by Gasteiger charge is 2.47. The van der Waals surface area contributed by atoms with Gasteiger partial charge in [-0.2, -0.15) is 0 Å². The summed E-state index contributed by atoms with van der Waals surface area (Å²) in [6, 6.07) is 42.9. The second kappa shape index (κ2) is 15.8. The number of para-hydroxylation sites is 1. The summed E-state index contributed by atoms with van der Waals surface area (Å²) >= 11 is 0. The van der Waals surface area contributed by atoms with E-state index in [1.54, 1.807) is 0 Å². The Kier molecular flexibility index (Phi) is 11.0. The van der Waals surface area contributed by atoms with Crippen LogP contribution in [-0.4, -0.2) is 12.7 Å². The number of fused-ring (bicyclic) bond motifs is 5. The van der Waals surface area contributed by atoms with Crippen LogP contribution in [0.3, 0.4) is 0 Å². The van der Waals surface area contributed by atoms with E-state index < -0.39 is 0 Å². The first-order valence-electron chi connectivity index (χ1n) is 24.7. The van der Waals surface area contributed by atoms with Crippen molar-refractivity contribution in [3.8, 4) is 0 Å². The van der Waals surface area contributed by atoms with Crippen molar-refractivity contribution in [3.05, 3.63) is 160 Å². The number of nitrogens with zero attached hydrogens (tertiary/aromatic N) is 2. The van der Waals surface area contributed by atoms with Crippen LogP contribution in [0.1, 0.15) is 173 Å². The van der Waals surface area contributed by atoms with Gasteiger partial charge in [0.1, 0.15) is 6.61 Å². The van der Waals surface area contributed by atoms with E-state index in [4.69, 9.17) is 4.74 Å². The van der Waals surface area contributed by atoms with E-state index in [0.29, 0.717) is 5.56 Å². The van der Waals surface area contributed by atoms with Crippen LogP contribution in [0.5, 0.6) is 0 Å². The van der Waals surface area contributed by atoms with Gasteiger partial charge in [0.25, 0.3) is 6.71 Å². The number of benzene rings is 6.